The van der Waals surface area contributed by atoms with Crippen molar-refractivity contribution in [2.45, 2.75) is 19.9 Å². The first-order valence-corrected chi connectivity index (χ1v) is 4.72. The van der Waals surface area contributed by atoms with Crippen LogP contribution in [0, 0.1) is 6.92 Å². The van der Waals surface area contributed by atoms with E-state index in [0.29, 0.717) is 0 Å². The molecule has 3 nitrogen and oxygen atoms in total. The van der Waals surface area contributed by atoms with E-state index in [2.05, 4.69) is 16.7 Å². The van der Waals surface area contributed by atoms with Gasteiger partial charge in [0.25, 0.3) is 0 Å². The van der Waals surface area contributed by atoms with Crippen LogP contribution >= 0.6 is 0 Å². The summed E-state index contributed by atoms with van der Waals surface area (Å²) < 4.78 is 5.19. The van der Waals surface area contributed by atoms with Crippen LogP contribution in [0.4, 0.5) is 0 Å². The molecular formula is C10H18N2O. The number of hydrogen-bond donors (Lipinski definition) is 2. The van der Waals surface area contributed by atoms with Gasteiger partial charge in [-0.3, -0.25) is 0 Å². The molecule has 74 valence electrons. The van der Waals surface area contributed by atoms with Gasteiger partial charge in [-0.1, -0.05) is 0 Å². The van der Waals surface area contributed by atoms with Crippen molar-refractivity contribution in [2.24, 2.45) is 0 Å². The smallest absolute Gasteiger partial charge is 0.101 e. The first kappa shape index (κ1) is 10.3. The molecule has 0 aliphatic carbocycles. The van der Waals surface area contributed by atoms with E-state index in [9.17, 15) is 0 Å². The third-order valence-electron chi connectivity index (χ3n) is 1.89. The summed E-state index contributed by atoms with van der Waals surface area (Å²) in [6.07, 6.45) is 2.97. The first-order valence-electron chi connectivity index (χ1n) is 4.72. The summed E-state index contributed by atoms with van der Waals surface area (Å²) in [6, 6.07) is 2.06. The van der Waals surface area contributed by atoms with Gasteiger partial charge in [0.15, 0.2) is 0 Å². The monoisotopic (exact) mass is 182 g/mol. The molecule has 0 saturated carbocycles. The molecule has 1 aromatic rings. The second-order valence-corrected chi connectivity index (χ2v) is 3.20. The summed E-state index contributed by atoms with van der Waals surface area (Å²) in [7, 11) is 1.97. The molecule has 1 heterocycles. The van der Waals surface area contributed by atoms with Gasteiger partial charge in [-0.05, 0) is 39.5 Å². The molecule has 0 fully saturated rings. The molecule has 0 unspecified atom stereocenters. The second-order valence-electron chi connectivity index (χ2n) is 3.20. The number of nitrogens with one attached hydrogen (secondary N) is 2. The summed E-state index contributed by atoms with van der Waals surface area (Å²) in [5, 5.41) is 6.46. The summed E-state index contributed by atoms with van der Waals surface area (Å²) >= 11 is 0. The Morgan fingerprint density at radius 1 is 1.38 bits per heavy atom. The van der Waals surface area contributed by atoms with Gasteiger partial charge in [0.05, 0.1) is 6.26 Å². The van der Waals surface area contributed by atoms with Crippen LogP contribution in [-0.2, 0) is 6.54 Å². The highest BCUT2D eigenvalue weighted by atomic mass is 16.3. The minimum absolute atomic E-state index is 0.904. The maximum Gasteiger partial charge on any atom is 0.101 e. The average molecular weight is 182 g/mol. The fourth-order valence-corrected chi connectivity index (χ4v) is 1.21. The Kier molecular flexibility index (Phi) is 4.57. The zero-order chi connectivity index (χ0) is 9.52. The highest BCUT2D eigenvalue weighted by molar-refractivity contribution is 5.10. The van der Waals surface area contributed by atoms with E-state index in [1.807, 2.05) is 14.0 Å². The lowest BCUT2D eigenvalue weighted by Crippen LogP contribution is -2.19. The van der Waals surface area contributed by atoms with Crippen molar-refractivity contribution in [3.63, 3.8) is 0 Å². The highest BCUT2D eigenvalue weighted by Gasteiger charge is 1.95. The van der Waals surface area contributed by atoms with Crippen molar-refractivity contribution in [3.05, 3.63) is 23.7 Å². The topological polar surface area (TPSA) is 37.2 Å². The number of furan rings is 1. The molecule has 13 heavy (non-hydrogen) atoms. The summed E-state index contributed by atoms with van der Waals surface area (Å²) in [5.74, 6) is 0.979. The minimum atomic E-state index is 0.904. The Balaban J connectivity index is 2.06. The second kappa shape index (κ2) is 5.78. The first-order chi connectivity index (χ1) is 6.33. The van der Waals surface area contributed by atoms with Gasteiger partial charge in [-0.25, -0.2) is 0 Å². The maximum atomic E-state index is 5.19. The van der Waals surface area contributed by atoms with Crippen LogP contribution in [0.15, 0.2) is 16.7 Å². The lowest BCUT2D eigenvalue weighted by Gasteiger charge is -2.01. The average Bonchev–Trinajstić information content (AvgIpc) is 2.51. The maximum absolute atomic E-state index is 5.19. The van der Waals surface area contributed by atoms with E-state index in [0.717, 1.165) is 31.8 Å². The van der Waals surface area contributed by atoms with Gasteiger partial charge >= 0.3 is 0 Å². The summed E-state index contributed by atoms with van der Waals surface area (Å²) in [6.45, 7) is 4.98. The van der Waals surface area contributed by atoms with Crippen molar-refractivity contribution in [1.29, 1.82) is 0 Å². The zero-order valence-corrected chi connectivity index (χ0v) is 8.39. The van der Waals surface area contributed by atoms with E-state index in [1.165, 1.54) is 5.56 Å². The molecule has 0 aliphatic heterocycles. The fourth-order valence-electron chi connectivity index (χ4n) is 1.21. The highest BCUT2D eigenvalue weighted by Crippen LogP contribution is 2.04. The van der Waals surface area contributed by atoms with E-state index >= 15 is 0 Å². The third kappa shape index (κ3) is 4.10. The van der Waals surface area contributed by atoms with Crippen molar-refractivity contribution >= 4 is 0 Å². The molecule has 3 heteroatoms. The van der Waals surface area contributed by atoms with Gasteiger partial charge in [-0.2, -0.15) is 0 Å². The largest absolute Gasteiger partial charge is 0.469 e. The van der Waals surface area contributed by atoms with Crippen molar-refractivity contribution in [2.75, 3.05) is 20.1 Å². The Hall–Kier alpha value is -0.800. The molecule has 0 bridgehead atoms. The molecule has 1 aromatic heterocycles. The third-order valence-corrected chi connectivity index (χ3v) is 1.89. The molecule has 0 spiro atoms. The molecule has 0 saturated heterocycles. The van der Waals surface area contributed by atoms with Crippen LogP contribution in [0.1, 0.15) is 17.7 Å². The Labute approximate surface area is 79.5 Å². The van der Waals surface area contributed by atoms with Crippen LogP contribution in [0.25, 0.3) is 0 Å². The molecule has 0 aromatic carbocycles. The van der Waals surface area contributed by atoms with Crippen LogP contribution in [-0.4, -0.2) is 20.1 Å². The number of rotatable bonds is 6. The summed E-state index contributed by atoms with van der Waals surface area (Å²) in [4.78, 5) is 0. The molecule has 1 rings (SSSR count). The van der Waals surface area contributed by atoms with Gasteiger partial charge in [-0.15, -0.1) is 0 Å². The van der Waals surface area contributed by atoms with E-state index < -0.39 is 0 Å². The van der Waals surface area contributed by atoms with Crippen molar-refractivity contribution in [1.82, 2.24) is 10.6 Å². The zero-order valence-electron chi connectivity index (χ0n) is 8.39. The van der Waals surface area contributed by atoms with Gasteiger partial charge in [0, 0.05) is 12.1 Å². The number of aryl methyl sites for hydroxylation is 1. The van der Waals surface area contributed by atoms with Crippen LogP contribution in [0.5, 0.6) is 0 Å². The molecule has 0 amide bonds. The molecular weight excluding hydrogens is 164 g/mol. The quantitative estimate of drug-likeness (QED) is 0.651. The molecule has 0 atom stereocenters. The Morgan fingerprint density at radius 3 is 2.85 bits per heavy atom. The molecule has 2 N–H and O–H groups in total. The van der Waals surface area contributed by atoms with E-state index in [-0.39, 0.29) is 0 Å². The number of hydrogen-bond acceptors (Lipinski definition) is 3. The van der Waals surface area contributed by atoms with E-state index in [4.69, 9.17) is 4.42 Å². The normalized spacial score (nSPS) is 10.6. The van der Waals surface area contributed by atoms with Crippen LogP contribution in [0.2, 0.25) is 0 Å². The van der Waals surface area contributed by atoms with Gasteiger partial charge in [0.2, 0.25) is 0 Å². The van der Waals surface area contributed by atoms with Crippen molar-refractivity contribution in [3.8, 4) is 0 Å². The standard InChI is InChI=1S/C10H18N2O/c1-9-6-10(8-13-9)7-12-5-3-4-11-2/h6,8,11-12H,3-5,7H2,1-2H3. The predicted octanol–water partition coefficient (Wildman–Crippen LogP) is 1.29. The fraction of sp³-hybridized carbons (Fsp3) is 0.600. The van der Waals surface area contributed by atoms with Gasteiger partial charge < -0.3 is 15.1 Å². The lowest BCUT2D eigenvalue weighted by atomic mass is 10.3. The summed E-state index contributed by atoms with van der Waals surface area (Å²) in [5.41, 5.74) is 1.22. The van der Waals surface area contributed by atoms with Gasteiger partial charge in [0.1, 0.15) is 5.76 Å². The SMILES string of the molecule is CNCCCNCc1coc(C)c1. The van der Waals surface area contributed by atoms with Crippen LogP contribution < -0.4 is 10.6 Å². The van der Waals surface area contributed by atoms with Crippen molar-refractivity contribution < 1.29 is 4.42 Å². The predicted molar refractivity (Wildman–Crippen MR) is 53.7 cm³/mol. The minimum Gasteiger partial charge on any atom is -0.469 e. The Morgan fingerprint density at radius 2 is 2.23 bits per heavy atom. The lowest BCUT2D eigenvalue weighted by molar-refractivity contribution is 0.529. The molecule has 0 aliphatic rings. The van der Waals surface area contributed by atoms with Crippen LogP contribution in [0.3, 0.4) is 0 Å². The molecule has 0 radical (unpaired) electrons. The Bertz CT molecular complexity index is 233. The van der Waals surface area contributed by atoms with E-state index in [1.54, 1.807) is 6.26 Å².